The summed E-state index contributed by atoms with van der Waals surface area (Å²) in [4.78, 5) is 39.6. The van der Waals surface area contributed by atoms with Crippen molar-refractivity contribution in [2.75, 3.05) is 13.1 Å². The first-order valence-electron chi connectivity index (χ1n) is 8.55. The number of nitrogens with one attached hydrogen (secondary N) is 2. The van der Waals surface area contributed by atoms with Gasteiger partial charge in [0.15, 0.2) is 0 Å². The summed E-state index contributed by atoms with van der Waals surface area (Å²) in [5.74, 6) is -0.727. The number of carbonyl (C=O) groups is 3. The molecule has 0 bridgehead atoms. The zero-order valence-corrected chi connectivity index (χ0v) is 15.3. The Kier molecular flexibility index (Phi) is 5.37. The molecule has 1 aliphatic rings. The van der Waals surface area contributed by atoms with Gasteiger partial charge >= 0.3 is 6.03 Å². The van der Waals surface area contributed by atoms with E-state index in [1.165, 1.54) is 4.88 Å². The van der Waals surface area contributed by atoms with Crippen LogP contribution in [0.2, 0.25) is 0 Å². The average molecular weight is 371 g/mol. The lowest BCUT2D eigenvalue weighted by Gasteiger charge is -2.25. The molecule has 26 heavy (non-hydrogen) atoms. The van der Waals surface area contributed by atoms with E-state index >= 15 is 0 Å². The molecule has 1 atom stereocenters. The molecular weight excluding hydrogens is 350 g/mol. The standard InChI is InChI=1S/C19H21N3O3S/c1-2-19(14-7-4-3-5-8-14)17(24)22(18(25)21-19)13-16(23)20-11-10-15-9-6-12-26-15/h3-9,12H,2,10-11,13H2,1H3,(H,20,23)(H,21,25)/t19-/m1/s1. The van der Waals surface area contributed by atoms with Gasteiger partial charge in [0, 0.05) is 11.4 Å². The summed E-state index contributed by atoms with van der Waals surface area (Å²) >= 11 is 1.63. The van der Waals surface area contributed by atoms with Gasteiger partial charge in [-0.25, -0.2) is 4.79 Å². The smallest absolute Gasteiger partial charge is 0.325 e. The highest BCUT2D eigenvalue weighted by molar-refractivity contribution is 7.09. The van der Waals surface area contributed by atoms with E-state index in [0.29, 0.717) is 13.0 Å². The molecule has 1 aromatic heterocycles. The summed E-state index contributed by atoms with van der Waals surface area (Å²) in [5.41, 5.74) is -0.378. The quantitative estimate of drug-likeness (QED) is 0.733. The van der Waals surface area contributed by atoms with Gasteiger partial charge in [0.2, 0.25) is 5.91 Å². The number of nitrogens with zero attached hydrogens (tertiary/aromatic N) is 1. The first kappa shape index (κ1) is 18.1. The summed E-state index contributed by atoms with van der Waals surface area (Å²) in [5, 5.41) is 7.53. The minimum atomic E-state index is -1.10. The van der Waals surface area contributed by atoms with Crippen LogP contribution in [-0.2, 0) is 21.5 Å². The van der Waals surface area contributed by atoms with Gasteiger partial charge in [-0.2, -0.15) is 0 Å². The third-order valence-electron chi connectivity index (χ3n) is 4.55. The molecule has 6 nitrogen and oxygen atoms in total. The van der Waals surface area contributed by atoms with E-state index in [1.807, 2.05) is 54.8 Å². The van der Waals surface area contributed by atoms with Crippen LogP contribution in [-0.4, -0.2) is 35.8 Å². The molecular formula is C19H21N3O3S. The van der Waals surface area contributed by atoms with Crippen LogP contribution in [0.25, 0.3) is 0 Å². The minimum absolute atomic E-state index is 0.274. The Hall–Kier alpha value is -2.67. The Morgan fingerprint density at radius 3 is 2.62 bits per heavy atom. The van der Waals surface area contributed by atoms with Crippen LogP contribution in [0.1, 0.15) is 23.8 Å². The fraction of sp³-hybridized carbons (Fsp3) is 0.316. The largest absolute Gasteiger partial charge is 0.354 e. The maximum absolute atomic E-state index is 12.9. The molecule has 0 radical (unpaired) electrons. The summed E-state index contributed by atoms with van der Waals surface area (Å²) < 4.78 is 0. The van der Waals surface area contributed by atoms with Gasteiger partial charge in [-0.15, -0.1) is 11.3 Å². The lowest BCUT2D eigenvalue weighted by atomic mass is 9.87. The Labute approximate surface area is 156 Å². The molecule has 2 aromatic rings. The Morgan fingerprint density at radius 2 is 1.96 bits per heavy atom. The van der Waals surface area contributed by atoms with E-state index in [0.717, 1.165) is 16.9 Å². The SMILES string of the molecule is CC[C@]1(c2ccccc2)NC(=O)N(CC(=O)NCCc2cccs2)C1=O. The molecule has 0 aliphatic carbocycles. The number of thiophene rings is 1. The highest BCUT2D eigenvalue weighted by atomic mass is 32.1. The van der Waals surface area contributed by atoms with Crippen LogP contribution in [0.15, 0.2) is 47.8 Å². The maximum atomic E-state index is 12.9. The van der Waals surface area contributed by atoms with Gasteiger partial charge in [-0.3, -0.25) is 14.5 Å². The fourth-order valence-electron chi connectivity index (χ4n) is 3.11. The molecule has 7 heteroatoms. The van der Waals surface area contributed by atoms with Crippen molar-refractivity contribution in [2.24, 2.45) is 0 Å². The van der Waals surface area contributed by atoms with Gasteiger partial charge in [0.25, 0.3) is 5.91 Å². The predicted octanol–water partition coefficient (Wildman–Crippen LogP) is 2.26. The van der Waals surface area contributed by atoms with E-state index in [1.54, 1.807) is 11.3 Å². The van der Waals surface area contributed by atoms with Gasteiger partial charge in [0.1, 0.15) is 12.1 Å². The molecule has 2 heterocycles. The normalized spacial score (nSPS) is 19.5. The molecule has 4 amide bonds. The van der Waals surface area contributed by atoms with Crippen molar-refractivity contribution in [3.8, 4) is 0 Å². The molecule has 1 aliphatic heterocycles. The van der Waals surface area contributed by atoms with Crippen LogP contribution in [0.4, 0.5) is 4.79 Å². The van der Waals surface area contributed by atoms with Crippen molar-refractivity contribution in [3.63, 3.8) is 0 Å². The van der Waals surface area contributed by atoms with Crippen molar-refractivity contribution in [1.29, 1.82) is 0 Å². The summed E-state index contributed by atoms with van der Waals surface area (Å²) in [6, 6.07) is 12.6. The number of benzene rings is 1. The van der Waals surface area contributed by atoms with E-state index < -0.39 is 11.6 Å². The third-order valence-corrected chi connectivity index (χ3v) is 5.48. The van der Waals surface area contributed by atoms with Crippen LogP contribution < -0.4 is 10.6 Å². The van der Waals surface area contributed by atoms with E-state index in [9.17, 15) is 14.4 Å². The lowest BCUT2D eigenvalue weighted by molar-refractivity contribution is -0.135. The van der Waals surface area contributed by atoms with Gasteiger partial charge in [0.05, 0.1) is 0 Å². The Balaban J connectivity index is 1.64. The van der Waals surface area contributed by atoms with E-state index in [-0.39, 0.29) is 18.4 Å². The predicted molar refractivity (Wildman–Crippen MR) is 99.7 cm³/mol. The molecule has 2 N–H and O–H groups in total. The van der Waals surface area contributed by atoms with Crippen molar-refractivity contribution >= 4 is 29.2 Å². The molecule has 1 aromatic carbocycles. The third kappa shape index (κ3) is 3.48. The Bertz CT molecular complexity index is 792. The summed E-state index contributed by atoms with van der Waals surface area (Å²) in [7, 11) is 0. The van der Waals surface area contributed by atoms with Crippen LogP contribution >= 0.6 is 11.3 Å². The molecule has 0 saturated carbocycles. The van der Waals surface area contributed by atoms with Crippen molar-refractivity contribution in [1.82, 2.24) is 15.5 Å². The first-order valence-corrected chi connectivity index (χ1v) is 9.43. The van der Waals surface area contributed by atoms with Crippen LogP contribution in [0.3, 0.4) is 0 Å². The maximum Gasteiger partial charge on any atom is 0.325 e. The average Bonchev–Trinajstić information content (AvgIpc) is 3.25. The van der Waals surface area contributed by atoms with Crippen LogP contribution in [0, 0.1) is 0 Å². The first-order chi connectivity index (χ1) is 12.6. The monoisotopic (exact) mass is 371 g/mol. The summed E-state index contributed by atoms with van der Waals surface area (Å²) in [6.45, 7) is 2.04. The highest BCUT2D eigenvalue weighted by Gasteiger charge is 2.51. The second-order valence-corrected chi connectivity index (χ2v) is 7.16. The van der Waals surface area contributed by atoms with Gasteiger partial charge in [-0.1, -0.05) is 43.3 Å². The number of imide groups is 1. The Morgan fingerprint density at radius 1 is 1.19 bits per heavy atom. The molecule has 0 unspecified atom stereocenters. The van der Waals surface area contributed by atoms with Gasteiger partial charge < -0.3 is 10.6 Å². The second-order valence-electron chi connectivity index (χ2n) is 6.13. The topological polar surface area (TPSA) is 78.5 Å². The zero-order valence-electron chi connectivity index (χ0n) is 14.5. The second kappa shape index (κ2) is 7.70. The number of urea groups is 1. The van der Waals surface area contributed by atoms with Crippen molar-refractivity contribution in [2.45, 2.75) is 25.3 Å². The number of hydrogen-bond donors (Lipinski definition) is 2. The zero-order chi connectivity index (χ0) is 18.6. The molecule has 3 rings (SSSR count). The van der Waals surface area contributed by atoms with E-state index in [4.69, 9.17) is 0 Å². The molecule has 0 spiro atoms. The van der Waals surface area contributed by atoms with E-state index in [2.05, 4.69) is 10.6 Å². The number of carbonyl (C=O) groups excluding carboxylic acids is 3. The van der Waals surface area contributed by atoms with Gasteiger partial charge in [-0.05, 0) is 29.9 Å². The molecule has 1 fully saturated rings. The number of hydrogen-bond acceptors (Lipinski definition) is 4. The minimum Gasteiger partial charge on any atom is -0.354 e. The highest BCUT2D eigenvalue weighted by Crippen LogP contribution is 2.32. The molecule has 136 valence electrons. The lowest BCUT2D eigenvalue weighted by Crippen LogP contribution is -2.45. The number of rotatable bonds is 7. The van der Waals surface area contributed by atoms with Crippen molar-refractivity contribution in [3.05, 3.63) is 58.3 Å². The van der Waals surface area contributed by atoms with Crippen molar-refractivity contribution < 1.29 is 14.4 Å². The van der Waals surface area contributed by atoms with Crippen LogP contribution in [0.5, 0.6) is 0 Å². The summed E-state index contributed by atoms with van der Waals surface area (Å²) in [6.07, 6.45) is 1.14. The number of amides is 4. The fourth-order valence-corrected chi connectivity index (χ4v) is 3.82. The molecule has 1 saturated heterocycles.